The fourth-order valence-corrected chi connectivity index (χ4v) is 3.78. The van der Waals surface area contributed by atoms with Crippen LogP contribution in [0.1, 0.15) is 33.0 Å². The van der Waals surface area contributed by atoms with E-state index in [0.717, 1.165) is 61.0 Å². The van der Waals surface area contributed by atoms with Gasteiger partial charge < -0.3 is 9.80 Å². The fraction of sp³-hybridized carbons (Fsp3) is 0.455. The van der Waals surface area contributed by atoms with Gasteiger partial charge in [0.05, 0.1) is 17.3 Å². The van der Waals surface area contributed by atoms with Crippen molar-refractivity contribution in [1.82, 2.24) is 24.6 Å². The number of amides is 1. The number of hydrogen-bond acceptors (Lipinski definition) is 5. The van der Waals surface area contributed by atoms with E-state index in [1.54, 1.807) is 0 Å². The molecule has 29 heavy (non-hydrogen) atoms. The van der Waals surface area contributed by atoms with Crippen molar-refractivity contribution in [3.05, 3.63) is 42.4 Å². The summed E-state index contributed by atoms with van der Waals surface area (Å²) in [6.07, 6.45) is 3.23. The van der Waals surface area contributed by atoms with Crippen molar-refractivity contribution in [2.45, 2.75) is 33.6 Å². The molecular formula is C22H28N6O. The van der Waals surface area contributed by atoms with Gasteiger partial charge in [-0.3, -0.25) is 4.79 Å². The average Bonchev–Trinajstić information content (AvgIpc) is 3.17. The molecule has 0 unspecified atom stereocenters. The maximum atomic E-state index is 12.0. The first-order valence-corrected chi connectivity index (χ1v) is 10.4. The number of aromatic nitrogens is 4. The molecule has 1 saturated heterocycles. The average molecular weight is 393 g/mol. The minimum atomic E-state index is 0.217. The van der Waals surface area contributed by atoms with Gasteiger partial charge in [0.25, 0.3) is 0 Å². The highest BCUT2D eigenvalue weighted by Gasteiger charge is 2.24. The van der Waals surface area contributed by atoms with Gasteiger partial charge in [-0.25, -0.2) is 14.6 Å². The van der Waals surface area contributed by atoms with E-state index in [1.165, 1.54) is 0 Å². The van der Waals surface area contributed by atoms with Gasteiger partial charge in [0, 0.05) is 39.0 Å². The number of hydrogen-bond donors (Lipinski definition) is 0. The topological polar surface area (TPSA) is 67.2 Å². The molecule has 1 aliphatic heterocycles. The van der Waals surface area contributed by atoms with Gasteiger partial charge in [-0.1, -0.05) is 39.0 Å². The number of nitrogens with zero attached hydrogens (tertiary/aromatic N) is 6. The predicted octanol–water partition coefficient (Wildman–Crippen LogP) is 3.07. The van der Waals surface area contributed by atoms with Crippen molar-refractivity contribution in [1.29, 1.82) is 0 Å². The van der Waals surface area contributed by atoms with Crippen LogP contribution in [0.3, 0.4) is 0 Å². The minimum absolute atomic E-state index is 0.217. The van der Waals surface area contributed by atoms with Crippen LogP contribution in [0.4, 0.5) is 5.82 Å². The van der Waals surface area contributed by atoms with Crippen LogP contribution in [0.2, 0.25) is 0 Å². The first-order chi connectivity index (χ1) is 14.1. The Bertz CT molecular complexity index is 989. The smallest absolute Gasteiger partial charge is 0.222 e. The van der Waals surface area contributed by atoms with Gasteiger partial charge >= 0.3 is 0 Å². The number of benzene rings is 1. The van der Waals surface area contributed by atoms with Crippen molar-refractivity contribution < 1.29 is 4.79 Å². The second-order valence-electron chi connectivity index (χ2n) is 7.91. The number of anilines is 1. The molecule has 0 atom stereocenters. The van der Waals surface area contributed by atoms with Crippen LogP contribution in [0.5, 0.6) is 0 Å². The molecule has 0 N–H and O–H groups in total. The number of carbonyl (C=O) groups excluding carboxylic acids is 1. The lowest BCUT2D eigenvalue weighted by molar-refractivity contribution is -0.131. The van der Waals surface area contributed by atoms with Crippen LogP contribution in [-0.4, -0.2) is 56.7 Å². The van der Waals surface area contributed by atoms with Gasteiger partial charge in [-0.05, 0) is 18.1 Å². The zero-order valence-electron chi connectivity index (χ0n) is 17.4. The lowest BCUT2D eigenvalue weighted by Crippen LogP contribution is -2.49. The third-order valence-corrected chi connectivity index (χ3v) is 5.28. The first kappa shape index (κ1) is 19.4. The molecule has 152 valence electrons. The summed E-state index contributed by atoms with van der Waals surface area (Å²) in [6, 6.07) is 10.1. The summed E-state index contributed by atoms with van der Waals surface area (Å²) in [5, 5.41) is 5.58. The van der Waals surface area contributed by atoms with Crippen LogP contribution in [0, 0.1) is 5.92 Å². The molecule has 2 aromatic heterocycles. The largest absolute Gasteiger partial charge is 0.352 e. The number of piperazine rings is 1. The molecule has 0 spiro atoms. The molecule has 4 rings (SSSR count). The van der Waals surface area contributed by atoms with Crippen molar-refractivity contribution in [3.8, 4) is 5.69 Å². The Kier molecular flexibility index (Phi) is 5.47. The van der Waals surface area contributed by atoms with Crippen molar-refractivity contribution in [2.24, 2.45) is 5.92 Å². The second-order valence-corrected chi connectivity index (χ2v) is 7.91. The van der Waals surface area contributed by atoms with Crippen LogP contribution < -0.4 is 4.90 Å². The van der Waals surface area contributed by atoms with Crippen molar-refractivity contribution in [2.75, 3.05) is 31.1 Å². The highest BCUT2D eigenvalue weighted by atomic mass is 16.2. The molecule has 7 heteroatoms. The number of para-hydroxylation sites is 1. The van der Waals surface area contributed by atoms with Crippen molar-refractivity contribution >= 4 is 22.8 Å². The Morgan fingerprint density at radius 1 is 1.07 bits per heavy atom. The lowest BCUT2D eigenvalue weighted by atomic mass is 10.1. The maximum Gasteiger partial charge on any atom is 0.222 e. The molecule has 0 bridgehead atoms. The van der Waals surface area contributed by atoms with E-state index in [0.29, 0.717) is 12.3 Å². The lowest BCUT2D eigenvalue weighted by Gasteiger charge is -2.35. The van der Waals surface area contributed by atoms with Gasteiger partial charge in [-0.15, -0.1) is 0 Å². The Balaban J connectivity index is 1.73. The molecule has 7 nitrogen and oxygen atoms in total. The molecule has 1 fully saturated rings. The van der Waals surface area contributed by atoms with E-state index in [-0.39, 0.29) is 5.91 Å². The van der Waals surface area contributed by atoms with E-state index in [9.17, 15) is 4.79 Å². The van der Waals surface area contributed by atoms with E-state index >= 15 is 0 Å². The summed E-state index contributed by atoms with van der Waals surface area (Å²) in [5.41, 5.74) is 1.82. The molecular weight excluding hydrogens is 364 g/mol. The first-order valence-electron chi connectivity index (χ1n) is 10.4. The summed E-state index contributed by atoms with van der Waals surface area (Å²) < 4.78 is 1.89. The highest BCUT2D eigenvalue weighted by molar-refractivity contribution is 5.88. The standard InChI is InChI=1S/C22H28N6O/c1-4-20(29)26-10-12-27(13-11-26)21-18-15-23-28(17-8-6-5-7-9-17)22(18)25-19(24-21)14-16(2)3/h5-9,15-16H,4,10-14H2,1-3H3. The Labute approximate surface area is 171 Å². The van der Waals surface area contributed by atoms with Crippen LogP contribution in [0.15, 0.2) is 36.5 Å². The van der Waals surface area contributed by atoms with Gasteiger partial charge in [0.2, 0.25) is 5.91 Å². The SMILES string of the molecule is CCC(=O)N1CCN(c2nc(CC(C)C)nc3c2cnn3-c2ccccc2)CC1. The molecule has 3 aromatic rings. The monoisotopic (exact) mass is 392 g/mol. The zero-order valence-corrected chi connectivity index (χ0v) is 17.4. The molecule has 1 aromatic carbocycles. The minimum Gasteiger partial charge on any atom is -0.352 e. The van der Waals surface area contributed by atoms with E-state index in [2.05, 4.69) is 23.8 Å². The Morgan fingerprint density at radius 3 is 2.45 bits per heavy atom. The molecule has 0 aliphatic carbocycles. The van der Waals surface area contributed by atoms with E-state index < -0.39 is 0 Å². The molecule has 1 aliphatic rings. The molecule has 1 amide bonds. The quantitative estimate of drug-likeness (QED) is 0.668. The number of carbonyl (C=O) groups is 1. The van der Waals surface area contributed by atoms with E-state index in [1.807, 2.05) is 53.0 Å². The summed E-state index contributed by atoms with van der Waals surface area (Å²) in [6.45, 7) is 9.27. The van der Waals surface area contributed by atoms with Crippen LogP contribution >= 0.6 is 0 Å². The highest BCUT2D eigenvalue weighted by Crippen LogP contribution is 2.27. The van der Waals surface area contributed by atoms with Gasteiger partial charge in [0.15, 0.2) is 5.65 Å². The molecule has 0 radical (unpaired) electrons. The van der Waals surface area contributed by atoms with Crippen molar-refractivity contribution in [3.63, 3.8) is 0 Å². The third-order valence-electron chi connectivity index (χ3n) is 5.28. The normalized spacial score (nSPS) is 14.8. The van der Waals surface area contributed by atoms with Crippen LogP contribution in [0.25, 0.3) is 16.7 Å². The summed E-state index contributed by atoms with van der Waals surface area (Å²) in [4.78, 5) is 26.0. The van der Waals surface area contributed by atoms with Gasteiger partial charge in [0.1, 0.15) is 11.6 Å². The van der Waals surface area contributed by atoms with Gasteiger partial charge in [-0.2, -0.15) is 5.10 Å². The second kappa shape index (κ2) is 8.19. The maximum absolute atomic E-state index is 12.0. The summed E-state index contributed by atoms with van der Waals surface area (Å²) in [5.74, 6) is 2.45. The predicted molar refractivity (Wildman–Crippen MR) is 114 cm³/mol. The zero-order chi connectivity index (χ0) is 20.4. The Hall–Kier alpha value is -2.96. The molecule has 0 saturated carbocycles. The Morgan fingerprint density at radius 2 is 1.79 bits per heavy atom. The summed E-state index contributed by atoms with van der Waals surface area (Å²) >= 11 is 0. The number of fused-ring (bicyclic) bond motifs is 1. The summed E-state index contributed by atoms with van der Waals surface area (Å²) in [7, 11) is 0. The third kappa shape index (κ3) is 3.95. The fourth-order valence-electron chi connectivity index (χ4n) is 3.78. The van der Waals surface area contributed by atoms with E-state index in [4.69, 9.17) is 9.97 Å². The van der Waals surface area contributed by atoms with Crippen LogP contribution in [-0.2, 0) is 11.2 Å². The molecule has 3 heterocycles. The number of rotatable bonds is 5.